The quantitative estimate of drug-likeness (QED) is 0.481. The zero-order valence-corrected chi connectivity index (χ0v) is 22.4. The van der Waals surface area contributed by atoms with Gasteiger partial charge in [0.2, 0.25) is 17.7 Å². The SMILES string of the molecule is CC1(C)NCCOc2ccccc2/C=C/CNC(=O)[C@H](Cc2cccc(Cl)c2)NC(=O)C(C)(C)NC1=O. The minimum absolute atomic E-state index is 0.232. The predicted octanol–water partition coefficient (Wildman–Crippen LogP) is 2.85. The van der Waals surface area contributed by atoms with Gasteiger partial charge in [0, 0.05) is 30.1 Å². The van der Waals surface area contributed by atoms with Crippen molar-refractivity contribution < 1.29 is 19.1 Å². The van der Waals surface area contributed by atoms with Gasteiger partial charge in [-0.1, -0.05) is 54.1 Å². The van der Waals surface area contributed by atoms with Crippen molar-refractivity contribution in [1.82, 2.24) is 21.3 Å². The first kappa shape index (κ1) is 28.2. The van der Waals surface area contributed by atoms with E-state index in [1.807, 2.05) is 42.5 Å². The smallest absolute Gasteiger partial charge is 0.245 e. The first-order chi connectivity index (χ1) is 17.5. The molecular formula is C28H35ClN4O4. The molecule has 0 unspecified atom stereocenters. The molecule has 0 aliphatic carbocycles. The summed E-state index contributed by atoms with van der Waals surface area (Å²) in [6.07, 6.45) is 3.93. The van der Waals surface area contributed by atoms with Gasteiger partial charge in [-0.25, -0.2) is 0 Å². The van der Waals surface area contributed by atoms with Crippen LogP contribution in [0.4, 0.5) is 0 Å². The molecule has 0 radical (unpaired) electrons. The van der Waals surface area contributed by atoms with Crippen LogP contribution in [0.15, 0.2) is 54.6 Å². The number of para-hydroxylation sites is 1. The van der Waals surface area contributed by atoms with Crippen molar-refractivity contribution in [2.24, 2.45) is 0 Å². The molecule has 2 aromatic carbocycles. The minimum atomic E-state index is -1.27. The molecule has 2 aromatic rings. The molecule has 0 spiro atoms. The maximum Gasteiger partial charge on any atom is 0.245 e. The highest BCUT2D eigenvalue weighted by molar-refractivity contribution is 6.30. The van der Waals surface area contributed by atoms with Crippen molar-refractivity contribution in [2.75, 3.05) is 19.7 Å². The molecule has 37 heavy (non-hydrogen) atoms. The molecule has 1 atom stereocenters. The molecule has 1 aliphatic rings. The molecule has 1 heterocycles. The van der Waals surface area contributed by atoms with E-state index in [1.54, 1.807) is 45.9 Å². The average molecular weight is 527 g/mol. The van der Waals surface area contributed by atoms with E-state index >= 15 is 0 Å². The molecule has 0 aromatic heterocycles. The largest absolute Gasteiger partial charge is 0.492 e. The highest BCUT2D eigenvalue weighted by Crippen LogP contribution is 2.19. The molecule has 8 nitrogen and oxygen atoms in total. The van der Waals surface area contributed by atoms with Gasteiger partial charge >= 0.3 is 0 Å². The van der Waals surface area contributed by atoms with Gasteiger partial charge in [0.1, 0.15) is 23.9 Å². The number of carbonyl (C=O) groups is 3. The van der Waals surface area contributed by atoms with Crippen LogP contribution in [-0.4, -0.2) is 54.5 Å². The van der Waals surface area contributed by atoms with Crippen LogP contribution >= 0.6 is 11.6 Å². The topological polar surface area (TPSA) is 109 Å². The van der Waals surface area contributed by atoms with Gasteiger partial charge in [0.15, 0.2) is 0 Å². The molecular weight excluding hydrogens is 492 g/mol. The maximum absolute atomic E-state index is 13.2. The average Bonchev–Trinajstić information content (AvgIpc) is 2.83. The Balaban J connectivity index is 1.88. The lowest BCUT2D eigenvalue weighted by atomic mass is 9.97. The molecule has 1 aliphatic heterocycles. The van der Waals surface area contributed by atoms with Gasteiger partial charge in [-0.15, -0.1) is 0 Å². The van der Waals surface area contributed by atoms with Gasteiger partial charge in [-0.05, 0) is 51.5 Å². The molecule has 0 fully saturated rings. The summed E-state index contributed by atoms with van der Waals surface area (Å²) in [4.78, 5) is 39.5. The van der Waals surface area contributed by atoms with Crippen LogP contribution in [0.2, 0.25) is 5.02 Å². The van der Waals surface area contributed by atoms with Crippen LogP contribution in [0.5, 0.6) is 5.75 Å². The van der Waals surface area contributed by atoms with Crippen LogP contribution in [0.3, 0.4) is 0 Å². The van der Waals surface area contributed by atoms with E-state index in [4.69, 9.17) is 16.3 Å². The summed E-state index contributed by atoms with van der Waals surface area (Å²) in [6.45, 7) is 7.69. The van der Waals surface area contributed by atoms with Crippen LogP contribution in [0, 0.1) is 0 Å². The summed E-state index contributed by atoms with van der Waals surface area (Å²) in [7, 11) is 0. The molecule has 3 amide bonds. The third kappa shape index (κ3) is 8.06. The molecule has 0 saturated heterocycles. The van der Waals surface area contributed by atoms with Gasteiger partial charge in [0.25, 0.3) is 0 Å². The second-order valence-corrected chi connectivity index (χ2v) is 10.5. The van der Waals surface area contributed by atoms with Gasteiger partial charge in [-0.3, -0.25) is 14.4 Å². The fourth-order valence-electron chi connectivity index (χ4n) is 3.77. The number of ether oxygens (including phenoxy) is 1. The first-order valence-corrected chi connectivity index (χ1v) is 12.6. The van der Waals surface area contributed by atoms with Crippen molar-refractivity contribution in [3.8, 4) is 5.75 Å². The molecule has 3 rings (SSSR count). The Morgan fingerprint density at radius 2 is 1.73 bits per heavy atom. The van der Waals surface area contributed by atoms with E-state index < -0.39 is 23.0 Å². The van der Waals surface area contributed by atoms with Gasteiger partial charge in [-0.2, -0.15) is 0 Å². The number of hydrogen-bond acceptors (Lipinski definition) is 5. The molecule has 0 bridgehead atoms. The van der Waals surface area contributed by atoms with E-state index in [0.717, 1.165) is 11.1 Å². The van der Waals surface area contributed by atoms with E-state index in [-0.39, 0.29) is 24.8 Å². The van der Waals surface area contributed by atoms with Crippen molar-refractivity contribution >= 4 is 35.4 Å². The van der Waals surface area contributed by atoms with Crippen molar-refractivity contribution in [1.29, 1.82) is 0 Å². The van der Waals surface area contributed by atoms with Crippen LogP contribution in [0.25, 0.3) is 6.08 Å². The van der Waals surface area contributed by atoms with E-state index in [2.05, 4.69) is 21.3 Å². The third-order valence-corrected chi connectivity index (χ3v) is 6.28. The van der Waals surface area contributed by atoms with Crippen molar-refractivity contribution in [2.45, 2.75) is 51.2 Å². The lowest BCUT2D eigenvalue weighted by Crippen LogP contribution is -2.64. The Labute approximate surface area is 223 Å². The number of hydrogen-bond donors (Lipinski definition) is 4. The lowest BCUT2D eigenvalue weighted by Gasteiger charge is -2.33. The van der Waals surface area contributed by atoms with Crippen molar-refractivity contribution in [3.63, 3.8) is 0 Å². The Kier molecular flexibility index (Phi) is 9.34. The Morgan fingerprint density at radius 1 is 0.973 bits per heavy atom. The first-order valence-electron chi connectivity index (χ1n) is 12.3. The van der Waals surface area contributed by atoms with Gasteiger partial charge < -0.3 is 26.0 Å². The molecule has 9 heteroatoms. The lowest BCUT2D eigenvalue weighted by molar-refractivity contribution is -0.136. The second kappa shape index (κ2) is 12.3. The number of nitrogens with one attached hydrogen (secondary N) is 4. The summed E-state index contributed by atoms with van der Waals surface area (Å²) < 4.78 is 5.93. The van der Waals surface area contributed by atoms with Crippen LogP contribution in [0.1, 0.15) is 38.8 Å². The van der Waals surface area contributed by atoms with E-state index in [0.29, 0.717) is 23.9 Å². The number of benzene rings is 2. The Hall–Kier alpha value is -3.36. The number of rotatable bonds is 2. The summed E-state index contributed by atoms with van der Waals surface area (Å²) in [5, 5.41) is 12.2. The summed E-state index contributed by atoms with van der Waals surface area (Å²) in [5.41, 5.74) is -0.586. The maximum atomic E-state index is 13.2. The van der Waals surface area contributed by atoms with E-state index in [1.165, 1.54) is 0 Å². The normalized spacial score (nSPS) is 21.6. The molecule has 4 N–H and O–H groups in total. The Morgan fingerprint density at radius 3 is 2.49 bits per heavy atom. The number of amides is 3. The number of halogens is 1. The highest BCUT2D eigenvalue weighted by Gasteiger charge is 2.37. The second-order valence-electron chi connectivity index (χ2n) is 10.0. The molecule has 198 valence electrons. The molecule has 0 saturated carbocycles. The Bertz CT molecular complexity index is 1160. The van der Waals surface area contributed by atoms with Crippen LogP contribution in [-0.2, 0) is 20.8 Å². The zero-order chi connectivity index (χ0) is 27.1. The predicted molar refractivity (Wildman–Crippen MR) is 145 cm³/mol. The fourth-order valence-corrected chi connectivity index (χ4v) is 3.98. The fraction of sp³-hybridized carbons (Fsp3) is 0.393. The van der Waals surface area contributed by atoms with E-state index in [9.17, 15) is 14.4 Å². The zero-order valence-electron chi connectivity index (χ0n) is 21.7. The van der Waals surface area contributed by atoms with Gasteiger partial charge in [0.05, 0.1) is 5.54 Å². The monoisotopic (exact) mass is 526 g/mol. The van der Waals surface area contributed by atoms with Crippen molar-refractivity contribution in [3.05, 3.63) is 70.8 Å². The van der Waals surface area contributed by atoms with Crippen LogP contribution < -0.4 is 26.0 Å². The highest BCUT2D eigenvalue weighted by atomic mass is 35.5. The summed E-state index contributed by atoms with van der Waals surface area (Å²) in [5.74, 6) is -0.490. The minimum Gasteiger partial charge on any atom is -0.492 e. The summed E-state index contributed by atoms with van der Waals surface area (Å²) >= 11 is 6.13. The number of fused-ring (bicyclic) bond motifs is 1. The summed E-state index contributed by atoms with van der Waals surface area (Å²) in [6, 6.07) is 13.8. The number of carbonyl (C=O) groups excluding carboxylic acids is 3. The third-order valence-electron chi connectivity index (χ3n) is 6.05. The standard InChI is InChI=1S/C28H35ClN4O4/c1-27(2)26(36)33-28(3,4)25(35)32-22(18-19-9-7-12-21(29)17-19)24(34)30-14-8-11-20-10-5-6-13-23(20)37-16-15-31-27/h5-13,17,22,31H,14-16,18H2,1-4H3,(H,30,34)(H,32,35)(H,33,36)/b11-8+/t22-/m0/s1.